The second-order valence-electron chi connectivity index (χ2n) is 7.84. The number of nitrogens with one attached hydrogen (secondary N) is 1. The fraction of sp³-hybridized carbons (Fsp3) is 0.348. The van der Waals surface area contributed by atoms with Crippen molar-refractivity contribution in [3.05, 3.63) is 65.2 Å². The number of nitrogens with zero attached hydrogens (tertiary/aromatic N) is 1. The van der Waals surface area contributed by atoms with Gasteiger partial charge in [-0.3, -0.25) is 4.79 Å². The number of benzene rings is 2. The summed E-state index contributed by atoms with van der Waals surface area (Å²) in [6, 6.07) is 14.6. The van der Waals surface area contributed by atoms with E-state index in [2.05, 4.69) is 61.3 Å². The summed E-state index contributed by atoms with van der Waals surface area (Å²) in [5.74, 6) is 0.898. The number of ether oxygens (including phenoxy) is 1. The van der Waals surface area contributed by atoms with E-state index in [0.717, 1.165) is 23.4 Å². The van der Waals surface area contributed by atoms with Gasteiger partial charge in [-0.2, -0.15) is 0 Å². The number of carbonyl (C=O) groups is 1. The van der Waals surface area contributed by atoms with Gasteiger partial charge in [0.25, 0.3) is 0 Å². The lowest BCUT2D eigenvalue weighted by Crippen LogP contribution is -2.58. The lowest BCUT2D eigenvalue weighted by molar-refractivity contribution is -0.118. The first-order valence-corrected chi connectivity index (χ1v) is 9.46. The fourth-order valence-corrected chi connectivity index (χ4v) is 4.37. The van der Waals surface area contributed by atoms with E-state index < -0.39 is 5.66 Å². The molecular weight excluding hydrogens is 336 g/mol. The van der Waals surface area contributed by atoms with Gasteiger partial charge in [0.2, 0.25) is 5.91 Å². The molecule has 1 amide bonds. The van der Waals surface area contributed by atoms with Crippen LogP contribution in [-0.4, -0.2) is 25.2 Å². The standard InChI is InChI=1S/C23H26N2O2/c1-5-16-8-11-20-19(14-16)22(2,3)23(24-21(26)15-25(20)23)13-12-17-6-9-18(27-4)10-7-17/h6-14H,5,15H2,1-4H3,(H,24,26)/b13-12+. The van der Waals surface area contributed by atoms with E-state index in [9.17, 15) is 4.79 Å². The first-order chi connectivity index (χ1) is 12.9. The van der Waals surface area contributed by atoms with Crippen molar-refractivity contribution in [1.82, 2.24) is 5.32 Å². The highest BCUT2D eigenvalue weighted by molar-refractivity contribution is 5.91. The molecule has 0 saturated carbocycles. The quantitative estimate of drug-likeness (QED) is 0.897. The van der Waals surface area contributed by atoms with Crippen LogP contribution in [0.5, 0.6) is 5.75 Å². The molecule has 1 atom stereocenters. The number of hydrogen-bond acceptors (Lipinski definition) is 3. The molecule has 2 aromatic carbocycles. The zero-order valence-electron chi connectivity index (χ0n) is 16.4. The SMILES string of the molecule is CCc1ccc2c(c1)C(C)(C)C1(/C=C/c3ccc(OC)cc3)NC(=O)CN21. The highest BCUT2D eigenvalue weighted by Crippen LogP contribution is 2.53. The highest BCUT2D eigenvalue weighted by Gasteiger charge is 2.59. The van der Waals surface area contributed by atoms with E-state index in [1.165, 1.54) is 11.1 Å². The van der Waals surface area contributed by atoms with Crippen molar-refractivity contribution in [2.24, 2.45) is 0 Å². The Morgan fingerprint density at radius 1 is 1.19 bits per heavy atom. The normalized spacial score (nSPS) is 22.7. The minimum Gasteiger partial charge on any atom is -0.497 e. The fourth-order valence-electron chi connectivity index (χ4n) is 4.37. The van der Waals surface area contributed by atoms with Crippen molar-refractivity contribution >= 4 is 17.7 Å². The third-order valence-corrected chi connectivity index (χ3v) is 6.08. The van der Waals surface area contributed by atoms with Gasteiger partial charge in [-0.15, -0.1) is 0 Å². The van der Waals surface area contributed by atoms with E-state index in [0.29, 0.717) is 6.54 Å². The smallest absolute Gasteiger partial charge is 0.241 e. The summed E-state index contributed by atoms with van der Waals surface area (Å²) in [6.07, 6.45) is 5.24. The molecule has 1 saturated heterocycles. The van der Waals surface area contributed by atoms with Crippen molar-refractivity contribution in [2.75, 3.05) is 18.6 Å². The molecule has 0 radical (unpaired) electrons. The Hall–Kier alpha value is -2.75. The predicted molar refractivity (Wildman–Crippen MR) is 109 cm³/mol. The van der Waals surface area contributed by atoms with Crippen LogP contribution in [0.2, 0.25) is 0 Å². The van der Waals surface area contributed by atoms with E-state index in [1.807, 2.05) is 24.3 Å². The van der Waals surface area contributed by atoms with Crippen LogP contribution >= 0.6 is 0 Å². The summed E-state index contributed by atoms with van der Waals surface area (Å²) >= 11 is 0. The summed E-state index contributed by atoms with van der Waals surface area (Å²) in [7, 11) is 1.67. The summed E-state index contributed by atoms with van der Waals surface area (Å²) in [5, 5.41) is 3.27. The molecule has 2 aromatic rings. The lowest BCUT2D eigenvalue weighted by atomic mass is 9.75. The number of carbonyl (C=O) groups excluding carboxylic acids is 1. The third kappa shape index (κ3) is 2.54. The number of hydrogen-bond donors (Lipinski definition) is 1. The van der Waals surface area contributed by atoms with E-state index >= 15 is 0 Å². The number of anilines is 1. The summed E-state index contributed by atoms with van der Waals surface area (Å²) < 4.78 is 5.24. The van der Waals surface area contributed by atoms with Crippen molar-refractivity contribution in [2.45, 2.75) is 38.3 Å². The number of aryl methyl sites for hydroxylation is 1. The maximum atomic E-state index is 12.4. The van der Waals surface area contributed by atoms with Crippen molar-refractivity contribution in [3.8, 4) is 5.75 Å². The second kappa shape index (κ2) is 6.15. The van der Waals surface area contributed by atoms with Gasteiger partial charge in [0.1, 0.15) is 11.4 Å². The molecule has 1 fully saturated rings. The van der Waals surface area contributed by atoms with Crippen LogP contribution in [0.15, 0.2) is 48.5 Å². The number of methoxy groups -OCH3 is 1. The molecule has 1 unspecified atom stereocenters. The zero-order chi connectivity index (χ0) is 19.2. The molecule has 0 spiro atoms. The van der Waals surface area contributed by atoms with Crippen molar-refractivity contribution in [1.29, 1.82) is 0 Å². The van der Waals surface area contributed by atoms with Gasteiger partial charge in [0, 0.05) is 11.1 Å². The maximum absolute atomic E-state index is 12.4. The molecular formula is C23H26N2O2. The van der Waals surface area contributed by atoms with E-state index in [4.69, 9.17) is 4.74 Å². The van der Waals surface area contributed by atoms with Crippen molar-refractivity contribution < 1.29 is 9.53 Å². The molecule has 140 valence electrons. The Balaban J connectivity index is 1.78. The van der Waals surface area contributed by atoms with Crippen molar-refractivity contribution in [3.63, 3.8) is 0 Å². The molecule has 0 aliphatic carbocycles. The lowest BCUT2D eigenvalue weighted by Gasteiger charge is -2.40. The zero-order valence-corrected chi connectivity index (χ0v) is 16.4. The molecule has 2 heterocycles. The first kappa shape index (κ1) is 17.7. The molecule has 4 rings (SSSR count). The molecule has 27 heavy (non-hydrogen) atoms. The largest absolute Gasteiger partial charge is 0.497 e. The highest BCUT2D eigenvalue weighted by atomic mass is 16.5. The average molecular weight is 362 g/mol. The second-order valence-corrected chi connectivity index (χ2v) is 7.84. The van der Waals surface area contributed by atoms with Crippen LogP contribution in [0.1, 0.15) is 37.5 Å². The van der Waals surface area contributed by atoms with Crippen LogP contribution in [0.25, 0.3) is 6.08 Å². The topological polar surface area (TPSA) is 41.6 Å². The van der Waals surface area contributed by atoms with Gasteiger partial charge in [-0.05, 0) is 47.4 Å². The summed E-state index contributed by atoms with van der Waals surface area (Å²) in [4.78, 5) is 14.6. The van der Waals surface area contributed by atoms with Gasteiger partial charge in [-0.1, -0.05) is 51.1 Å². The Kier molecular flexibility index (Phi) is 4.02. The number of rotatable bonds is 4. The molecule has 4 heteroatoms. The number of fused-ring (bicyclic) bond motifs is 3. The molecule has 0 aromatic heterocycles. The predicted octanol–water partition coefficient (Wildman–Crippen LogP) is 3.89. The minimum absolute atomic E-state index is 0.0627. The van der Waals surface area contributed by atoms with Gasteiger partial charge in [0.05, 0.1) is 13.7 Å². The van der Waals surface area contributed by atoms with Crippen LogP contribution in [0.4, 0.5) is 5.69 Å². The molecule has 4 nitrogen and oxygen atoms in total. The summed E-state index contributed by atoms with van der Waals surface area (Å²) in [6.45, 7) is 6.99. The van der Waals surface area contributed by atoms with Gasteiger partial charge in [0.15, 0.2) is 0 Å². The molecule has 0 bridgehead atoms. The minimum atomic E-state index is -0.557. The Labute approximate surface area is 160 Å². The van der Waals surface area contributed by atoms with Crippen LogP contribution in [0, 0.1) is 0 Å². The molecule has 1 N–H and O–H groups in total. The third-order valence-electron chi connectivity index (χ3n) is 6.08. The average Bonchev–Trinajstić information content (AvgIpc) is 3.11. The Morgan fingerprint density at radius 3 is 2.59 bits per heavy atom. The maximum Gasteiger partial charge on any atom is 0.241 e. The first-order valence-electron chi connectivity index (χ1n) is 9.46. The Bertz CT molecular complexity index is 914. The van der Waals surface area contributed by atoms with Gasteiger partial charge in [-0.25, -0.2) is 0 Å². The van der Waals surface area contributed by atoms with Crippen LogP contribution in [0.3, 0.4) is 0 Å². The molecule has 2 aliphatic rings. The van der Waals surface area contributed by atoms with Crippen LogP contribution < -0.4 is 15.0 Å². The monoisotopic (exact) mass is 362 g/mol. The molecule has 2 aliphatic heterocycles. The number of amides is 1. The Morgan fingerprint density at radius 2 is 1.93 bits per heavy atom. The van der Waals surface area contributed by atoms with Gasteiger partial charge >= 0.3 is 0 Å². The van der Waals surface area contributed by atoms with E-state index in [-0.39, 0.29) is 11.3 Å². The van der Waals surface area contributed by atoms with E-state index in [1.54, 1.807) is 7.11 Å². The summed E-state index contributed by atoms with van der Waals surface area (Å²) in [5.41, 5.74) is 4.04. The van der Waals surface area contributed by atoms with Crippen LogP contribution in [-0.2, 0) is 16.6 Å². The van der Waals surface area contributed by atoms with Gasteiger partial charge < -0.3 is 15.0 Å².